The lowest BCUT2D eigenvalue weighted by Crippen LogP contribution is -2.30. The Morgan fingerprint density at radius 2 is 2.17 bits per heavy atom. The van der Waals surface area contributed by atoms with E-state index in [4.69, 9.17) is 4.74 Å². The quantitative estimate of drug-likeness (QED) is 0.925. The summed E-state index contributed by atoms with van der Waals surface area (Å²) >= 11 is 3.81. The van der Waals surface area contributed by atoms with Crippen LogP contribution in [0.5, 0.6) is 5.75 Å². The van der Waals surface area contributed by atoms with E-state index < -0.39 is 6.10 Å². The monoisotopic (exact) mass is 285 g/mol. The summed E-state index contributed by atoms with van der Waals surface area (Å²) in [4.78, 5) is 4.10. The zero-order chi connectivity index (χ0) is 13.1. The first kappa shape index (κ1) is 14.0. The summed E-state index contributed by atoms with van der Waals surface area (Å²) < 4.78 is 5.14. The van der Waals surface area contributed by atoms with Crippen LogP contribution in [-0.4, -0.2) is 38.7 Å². The van der Waals surface area contributed by atoms with Gasteiger partial charge in [0.1, 0.15) is 5.75 Å². The lowest BCUT2D eigenvalue weighted by Gasteiger charge is -2.33. The van der Waals surface area contributed by atoms with Gasteiger partial charge in [0.2, 0.25) is 0 Å². The highest BCUT2D eigenvalue weighted by molar-refractivity contribution is 8.07. The zero-order valence-electron chi connectivity index (χ0n) is 10.9. The number of hydrogen-bond donors (Lipinski definition) is 1. The van der Waals surface area contributed by atoms with Crippen molar-refractivity contribution in [3.05, 3.63) is 24.0 Å². The minimum atomic E-state index is -0.472. The van der Waals surface area contributed by atoms with Crippen molar-refractivity contribution < 1.29 is 9.84 Å². The van der Waals surface area contributed by atoms with Gasteiger partial charge in [0.15, 0.2) is 0 Å². The number of aromatic nitrogens is 1. The van der Waals surface area contributed by atoms with Crippen LogP contribution in [0.3, 0.4) is 0 Å². The minimum absolute atomic E-state index is 0.232. The molecule has 0 bridgehead atoms. The molecular weight excluding hydrogens is 266 g/mol. The SMILES string of the molecule is COc1cncc(C(O)C2CSC(C)C(C)S2)c1. The van der Waals surface area contributed by atoms with Gasteiger partial charge in [-0.15, -0.1) is 0 Å². The van der Waals surface area contributed by atoms with Crippen LogP contribution in [0.15, 0.2) is 18.5 Å². The van der Waals surface area contributed by atoms with E-state index in [1.54, 1.807) is 19.5 Å². The maximum atomic E-state index is 10.4. The van der Waals surface area contributed by atoms with E-state index in [0.29, 0.717) is 16.2 Å². The molecule has 2 heterocycles. The lowest BCUT2D eigenvalue weighted by molar-refractivity contribution is 0.179. The highest BCUT2D eigenvalue weighted by atomic mass is 32.2. The molecule has 100 valence electrons. The predicted molar refractivity (Wildman–Crippen MR) is 78.5 cm³/mol. The third-order valence-electron chi connectivity index (χ3n) is 3.24. The van der Waals surface area contributed by atoms with Crippen molar-refractivity contribution in [3.8, 4) is 5.75 Å². The maximum absolute atomic E-state index is 10.4. The Morgan fingerprint density at radius 3 is 2.83 bits per heavy atom. The smallest absolute Gasteiger partial charge is 0.137 e. The molecule has 0 spiro atoms. The second-order valence-electron chi connectivity index (χ2n) is 4.52. The molecule has 2 rings (SSSR count). The summed E-state index contributed by atoms with van der Waals surface area (Å²) in [5.74, 6) is 1.68. The van der Waals surface area contributed by atoms with Crippen LogP contribution >= 0.6 is 23.5 Å². The minimum Gasteiger partial charge on any atom is -0.495 e. The van der Waals surface area contributed by atoms with E-state index in [9.17, 15) is 5.11 Å². The first-order valence-corrected chi connectivity index (χ1v) is 8.05. The second-order valence-corrected chi connectivity index (χ2v) is 7.55. The number of aliphatic hydroxyl groups excluding tert-OH is 1. The van der Waals surface area contributed by atoms with E-state index >= 15 is 0 Å². The van der Waals surface area contributed by atoms with Crippen LogP contribution in [0.4, 0.5) is 0 Å². The number of methoxy groups -OCH3 is 1. The molecule has 5 heteroatoms. The highest BCUT2D eigenvalue weighted by Gasteiger charge is 2.31. The van der Waals surface area contributed by atoms with Gasteiger partial charge in [0.05, 0.1) is 19.4 Å². The fourth-order valence-electron chi connectivity index (χ4n) is 1.90. The topological polar surface area (TPSA) is 42.4 Å². The fourth-order valence-corrected chi connectivity index (χ4v) is 4.90. The molecule has 0 radical (unpaired) electrons. The van der Waals surface area contributed by atoms with Gasteiger partial charge >= 0.3 is 0 Å². The molecule has 1 saturated heterocycles. The third-order valence-corrected chi connectivity index (χ3v) is 6.72. The van der Waals surface area contributed by atoms with Gasteiger partial charge in [-0.2, -0.15) is 23.5 Å². The van der Waals surface area contributed by atoms with E-state index in [2.05, 4.69) is 18.8 Å². The number of ether oxygens (including phenoxy) is 1. The van der Waals surface area contributed by atoms with Gasteiger partial charge in [0.25, 0.3) is 0 Å². The summed E-state index contributed by atoms with van der Waals surface area (Å²) in [7, 11) is 1.61. The maximum Gasteiger partial charge on any atom is 0.137 e. The number of nitrogens with zero attached hydrogens (tertiary/aromatic N) is 1. The molecule has 1 aromatic rings. The van der Waals surface area contributed by atoms with E-state index in [0.717, 1.165) is 11.3 Å². The van der Waals surface area contributed by atoms with Gasteiger partial charge in [-0.05, 0) is 6.07 Å². The largest absolute Gasteiger partial charge is 0.495 e. The van der Waals surface area contributed by atoms with Crippen LogP contribution in [0.25, 0.3) is 0 Å². The predicted octanol–water partition coefficient (Wildman–Crippen LogP) is 2.75. The van der Waals surface area contributed by atoms with Crippen LogP contribution in [0.1, 0.15) is 25.5 Å². The van der Waals surface area contributed by atoms with Gasteiger partial charge in [0, 0.05) is 33.3 Å². The molecule has 1 aliphatic heterocycles. The lowest BCUT2D eigenvalue weighted by atomic mass is 10.1. The molecule has 4 unspecified atom stereocenters. The van der Waals surface area contributed by atoms with Crippen LogP contribution in [0, 0.1) is 0 Å². The number of rotatable bonds is 3. The number of thioether (sulfide) groups is 2. The van der Waals surface area contributed by atoms with Crippen LogP contribution in [-0.2, 0) is 0 Å². The van der Waals surface area contributed by atoms with Crippen molar-refractivity contribution in [2.24, 2.45) is 0 Å². The number of pyridine rings is 1. The molecule has 1 aromatic heterocycles. The molecule has 0 aromatic carbocycles. The molecule has 0 saturated carbocycles. The number of aliphatic hydroxyl groups is 1. The summed E-state index contributed by atoms with van der Waals surface area (Å²) in [6, 6.07) is 1.87. The van der Waals surface area contributed by atoms with Gasteiger partial charge in [-0.1, -0.05) is 13.8 Å². The van der Waals surface area contributed by atoms with E-state index in [-0.39, 0.29) is 5.25 Å². The summed E-state index contributed by atoms with van der Waals surface area (Å²) in [6.45, 7) is 4.48. The van der Waals surface area contributed by atoms with Crippen molar-refractivity contribution in [2.45, 2.75) is 35.7 Å². The Bertz CT molecular complexity index is 402. The molecular formula is C13H19NO2S2. The van der Waals surface area contributed by atoms with Crippen molar-refractivity contribution in [1.29, 1.82) is 0 Å². The van der Waals surface area contributed by atoms with Crippen molar-refractivity contribution in [2.75, 3.05) is 12.9 Å². The van der Waals surface area contributed by atoms with Gasteiger partial charge in [-0.3, -0.25) is 4.98 Å². The van der Waals surface area contributed by atoms with Crippen molar-refractivity contribution in [3.63, 3.8) is 0 Å². The Hall–Kier alpha value is -0.390. The molecule has 0 aliphatic carbocycles. The average Bonchev–Trinajstić information content (AvgIpc) is 2.41. The van der Waals surface area contributed by atoms with Gasteiger partial charge < -0.3 is 9.84 Å². The average molecular weight is 285 g/mol. The Kier molecular flexibility index (Phi) is 4.81. The standard InChI is InChI=1S/C13H19NO2S2/c1-8-9(2)18-12(7-17-8)13(15)10-4-11(16-3)6-14-5-10/h4-6,8-9,12-13,15H,7H2,1-3H3. The van der Waals surface area contributed by atoms with Crippen molar-refractivity contribution in [1.82, 2.24) is 4.98 Å². The van der Waals surface area contributed by atoms with Gasteiger partial charge in [-0.25, -0.2) is 0 Å². The zero-order valence-corrected chi connectivity index (χ0v) is 12.5. The molecule has 1 aliphatic rings. The van der Waals surface area contributed by atoms with E-state index in [1.165, 1.54) is 0 Å². The summed E-state index contributed by atoms with van der Waals surface area (Å²) in [5.41, 5.74) is 0.842. The van der Waals surface area contributed by atoms with E-state index in [1.807, 2.05) is 29.6 Å². The normalized spacial score (nSPS) is 29.9. The number of hydrogen-bond acceptors (Lipinski definition) is 5. The van der Waals surface area contributed by atoms with Crippen molar-refractivity contribution >= 4 is 23.5 Å². The molecule has 1 fully saturated rings. The Balaban J connectivity index is 2.08. The third kappa shape index (κ3) is 3.13. The Labute approximate surface area is 117 Å². The highest BCUT2D eigenvalue weighted by Crippen LogP contribution is 2.41. The molecule has 4 atom stereocenters. The molecule has 1 N–H and O–H groups in total. The van der Waals surface area contributed by atoms with Crippen LogP contribution in [0.2, 0.25) is 0 Å². The summed E-state index contributed by atoms with van der Waals surface area (Å²) in [6.07, 6.45) is 2.91. The Morgan fingerprint density at radius 1 is 1.39 bits per heavy atom. The molecule has 18 heavy (non-hydrogen) atoms. The summed E-state index contributed by atoms with van der Waals surface area (Å²) in [5, 5.41) is 11.9. The first-order chi connectivity index (χ1) is 8.61. The fraction of sp³-hybridized carbons (Fsp3) is 0.615. The van der Waals surface area contributed by atoms with Crippen LogP contribution < -0.4 is 4.74 Å². The molecule has 3 nitrogen and oxygen atoms in total. The second kappa shape index (κ2) is 6.17. The molecule has 0 amide bonds. The first-order valence-electron chi connectivity index (χ1n) is 6.06.